The van der Waals surface area contributed by atoms with Gasteiger partial charge in [0.25, 0.3) is 0 Å². The van der Waals surface area contributed by atoms with Crippen molar-refractivity contribution < 1.29 is 4.79 Å². The number of hydrogen-bond donors (Lipinski definition) is 0. The van der Waals surface area contributed by atoms with Crippen LogP contribution in [0.5, 0.6) is 0 Å². The van der Waals surface area contributed by atoms with Crippen LogP contribution in [0.15, 0.2) is 0 Å². The first-order valence-corrected chi connectivity index (χ1v) is 6.08. The molecule has 90 valence electrons. The zero-order chi connectivity index (χ0) is 12.0. The molecule has 0 rings (SSSR count). The van der Waals surface area contributed by atoms with Crippen molar-refractivity contribution in [3.05, 3.63) is 0 Å². The third-order valence-electron chi connectivity index (χ3n) is 2.27. The Hall–Kier alpha value is -0.370. The van der Waals surface area contributed by atoms with E-state index in [2.05, 4.69) is 32.6 Å². The molecule has 0 aromatic heterocycles. The van der Waals surface area contributed by atoms with Crippen LogP contribution in [0.25, 0.3) is 0 Å². The monoisotopic (exact) mass is 213 g/mol. The van der Waals surface area contributed by atoms with Gasteiger partial charge in [-0.05, 0) is 11.8 Å². The third-order valence-corrected chi connectivity index (χ3v) is 2.27. The van der Waals surface area contributed by atoms with E-state index in [1.165, 1.54) is 0 Å². The van der Waals surface area contributed by atoms with Gasteiger partial charge in [0.1, 0.15) is 5.78 Å². The summed E-state index contributed by atoms with van der Waals surface area (Å²) in [6.45, 7) is 15.4. The second-order valence-electron chi connectivity index (χ2n) is 5.60. The van der Waals surface area contributed by atoms with Crippen LogP contribution in [-0.4, -0.2) is 30.3 Å². The molecule has 0 aromatic carbocycles. The van der Waals surface area contributed by atoms with Crippen LogP contribution in [0.1, 0.15) is 41.5 Å². The van der Waals surface area contributed by atoms with Crippen LogP contribution >= 0.6 is 0 Å². The molecule has 0 spiro atoms. The van der Waals surface area contributed by atoms with E-state index in [0.29, 0.717) is 24.2 Å². The molecule has 0 bridgehead atoms. The van der Waals surface area contributed by atoms with Crippen molar-refractivity contribution in [2.24, 2.45) is 17.8 Å². The smallest absolute Gasteiger partial charge is 0.149 e. The summed E-state index contributed by atoms with van der Waals surface area (Å²) in [6.07, 6.45) is 0. The molecule has 0 aliphatic heterocycles. The van der Waals surface area contributed by atoms with E-state index in [-0.39, 0.29) is 5.92 Å². The van der Waals surface area contributed by atoms with Gasteiger partial charge in [0, 0.05) is 19.0 Å². The molecule has 0 aliphatic rings. The van der Waals surface area contributed by atoms with E-state index < -0.39 is 0 Å². The van der Waals surface area contributed by atoms with E-state index in [0.717, 1.165) is 13.1 Å². The van der Waals surface area contributed by atoms with Crippen LogP contribution in [0.2, 0.25) is 0 Å². The Morgan fingerprint density at radius 1 is 0.933 bits per heavy atom. The molecular weight excluding hydrogens is 186 g/mol. The summed E-state index contributed by atoms with van der Waals surface area (Å²) in [5.41, 5.74) is 0. The summed E-state index contributed by atoms with van der Waals surface area (Å²) in [5, 5.41) is 0. The van der Waals surface area contributed by atoms with E-state index in [1.807, 2.05) is 13.8 Å². The molecule has 0 amide bonds. The van der Waals surface area contributed by atoms with E-state index in [1.54, 1.807) is 0 Å². The molecular formula is C13H27NO. The minimum Gasteiger partial charge on any atom is -0.298 e. The van der Waals surface area contributed by atoms with Crippen molar-refractivity contribution >= 4 is 5.78 Å². The number of hydrogen-bond acceptors (Lipinski definition) is 2. The molecule has 0 fully saturated rings. The predicted octanol–water partition coefficient (Wildman–Crippen LogP) is 2.83. The van der Waals surface area contributed by atoms with Crippen molar-refractivity contribution in [3.8, 4) is 0 Å². The summed E-state index contributed by atoms with van der Waals surface area (Å²) < 4.78 is 0. The van der Waals surface area contributed by atoms with Crippen LogP contribution in [0.3, 0.4) is 0 Å². The number of ketones is 1. The van der Waals surface area contributed by atoms with Gasteiger partial charge in [-0.25, -0.2) is 0 Å². The normalized spacial score (nSPS) is 12.1. The standard InChI is InChI=1S/C13H27NO/c1-10(2)7-14(8-11(3)4)9-13(15)12(5)6/h10-12H,7-9H2,1-6H3. The first-order chi connectivity index (χ1) is 6.82. The Morgan fingerprint density at radius 3 is 1.60 bits per heavy atom. The average molecular weight is 213 g/mol. The summed E-state index contributed by atoms with van der Waals surface area (Å²) >= 11 is 0. The zero-order valence-electron chi connectivity index (χ0n) is 11.2. The fourth-order valence-electron chi connectivity index (χ4n) is 1.64. The number of carbonyl (C=O) groups excluding carboxylic acids is 1. The van der Waals surface area contributed by atoms with Gasteiger partial charge in [0.2, 0.25) is 0 Å². The number of nitrogens with zero attached hydrogens (tertiary/aromatic N) is 1. The van der Waals surface area contributed by atoms with E-state index in [9.17, 15) is 4.79 Å². The fourth-order valence-corrected chi connectivity index (χ4v) is 1.64. The molecule has 0 aliphatic carbocycles. The van der Waals surface area contributed by atoms with E-state index >= 15 is 0 Å². The van der Waals surface area contributed by atoms with Gasteiger partial charge in [-0.15, -0.1) is 0 Å². The first kappa shape index (κ1) is 14.6. The highest BCUT2D eigenvalue weighted by atomic mass is 16.1. The van der Waals surface area contributed by atoms with Crippen LogP contribution in [0.4, 0.5) is 0 Å². The average Bonchev–Trinajstić information content (AvgIpc) is 2.00. The highest BCUT2D eigenvalue weighted by Crippen LogP contribution is 2.05. The maximum atomic E-state index is 11.7. The quantitative estimate of drug-likeness (QED) is 0.648. The van der Waals surface area contributed by atoms with Crippen molar-refractivity contribution in [2.75, 3.05) is 19.6 Å². The van der Waals surface area contributed by atoms with E-state index in [4.69, 9.17) is 0 Å². The Kier molecular flexibility index (Phi) is 6.82. The van der Waals surface area contributed by atoms with Gasteiger partial charge in [-0.1, -0.05) is 41.5 Å². The molecule has 0 heterocycles. The number of rotatable bonds is 7. The topological polar surface area (TPSA) is 20.3 Å². The Bertz CT molecular complexity index is 175. The predicted molar refractivity (Wildman–Crippen MR) is 66.0 cm³/mol. The van der Waals surface area contributed by atoms with Crippen LogP contribution < -0.4 is 0 Å². The molecule has 0 saturated heterocycles. The maximum Gasteiger partial charge on any atom is 0.149 e. The molecule has 2 heteroatoms. The molecule has 0 aromatic rings. The minimum absolute atomic E-state index is 0.159. The SMILES string of the molecule is CC(C)CN(CC(=O)C(C)C)CC(C)C. The summed E-state index contributed by atoms with van der Waals surface area (Å²) in [7, 11) is 0. The summed E-state index contributed by atoms with van der Waals surface area (Å²) in [4.78, 5) is 14.0. The van der Waals surface area contributed by atoms with Crippen LogP contribution in [0, 0.1) is 17.8 Å². The van der Waals surface area contributed by atoms with Gasteiger partial charge in [0.05, 0.1) is 6.54 Å². The van der Waals surface area contributed by atoms with Gasteiger partial charge in [-0.2, -0.15) is 0 Å². The fraction of sp³-hybridized carbons (Fsp3) is 0.923. The van der Waals surface area contributed by atoms with Gasteiger partial charge in [0.15, 0.2) is 0 Å². The lowest BCUT2D eigenvalue weighted by Crippen LogP contribution is -2.37. The lowest BCUT2D eigenvalue weighted by atomic mass is 10.1. The van der Waals surface area contributed by atoms with Gasteiger partial charge >= 0.3 is 0 Å². The second-order valence-corrected chi connectivity index (χ2v) is 5.60. The summed E-state index contributed by atoms with van der Waals surface area (Å²) in [5.74, 6) is 1.77. The lowest BCUT2D eigenvalue weighted by molar-refractivity contribution is -0.123. The second kappa shape index (κ2) is 7.00. The lowest BCUT2D eigenvalue weighted by Gasteiger charge is -2.26. The molecule has 2 nitrogen and oxygen atoms in total. The first-order valence-electron chi connectivity index (χ1n) is 6.08. The minimum atomic E-state index is 0.159. The Labute approximate surface area is 95.0 Å². The summed E-state index contributed by atoms with van der Waals surface area (Å²) in [6, 6.07) is 0. The number of carbonyl (C=O) groups is 1. The Morgan fingerprint density at radius 2 is 1.33 bits per heavy atom. The number of Topliss-reactive ketones (excluding diaryl/α,β-unsaturated/α-hetero) is 1. The molecule has 0 atom stereocenters. The molecule has 0 radical (unpaired) electrons. The largest absolute Gasteiger partial charge is 0.298 e. The van der Waals surface area contributed by atoms with Crippen molar-refractivity contribution in [3.63, 3.8) is 0 Å². The molecule has 0 N–H and O–H groups in total. The van der Waals surface area contributed by atoms with Gasteiger partial charge < -0.3 is 0 Å². The van der Waals surface area contributed by atoms with Crippen molar-refractivity contribution in [1.82, 2.24) is 4.90 Å². The van der Waals surface area contributed by atoms with Gasteiger partial charge in [-0.3, -0.25) is 9.69 Å². The Balaban J connectivity index is 4.17. The molecule has 0 saturated carbocycles. The van der Waals surface area contributed by atoms with Crippen molar-refractivity contribution in [2.45, 2.75) is 41.5 Å². The molecule has 15 heavy (non-hydrogen) atoms. The highest BCUT2D eigenvalue weighted by molar-refractivity contribution is 5.82. The third kappa shape index (κ3) is 7.55. The maximum absolute atomic E-state index is 11.7. The van der Waals surface area contributed by atoms with Crippen LogP contribution in [-0.2, 0) is 4.79 Å². The highest BCUT2D eigenvalue weighted by Gasteiger charge is 2.15. The zero-order valence-corrected chi connectivity index (χ0v) is 11.2. The molecule has 0 unspecified atom stereocenters. The van der Waals surface area contributed by atoms with Crippen molar-refractivity contribution in [1.29, 1.82) is 0 Å².